The van der Waals surface area contributed by atoms with Crippen LogP contribution in [-0.2, 0) is 0 Å². The topological polar surface area (TPSA) is 24.1 Å². The molecule has 0 aromatic heterocycles. The molecule has 108 valence electrons. The number of rotatable bonds is 5. The van der Waals surface area contributed by atoms with Crippen molar-refractivity contribution in [3.8, 4) is 0 Å². The number of benzene rings is 1. The second-order valence-electron chi connectivity index (χ2n) is 6.99. The van der Waals surface area contributed by atoms with E-state index in [4.69, 9.17) is 0 Å². The molecule has 4 rings (SSSR count). The van der Waals surface area contributed by atoms with E-state index in [1.165, 1.54) is 51.7 Å². The summed E-state index contributed by atoms with van der Waals surface area (Å²) in [5, 5.41) is 7.24. The average molecular weight is 270 g/mol. The van der Waals surface area contributed by atoms with Crippen LogP contribution in [0.3, 0.4) is 0 Å². The Morgan fingerprint density at radius 1 is 0.950 bits per heavy atom. The Morgan fingerprint density at radius 2 is 1.65 bits per heavy atom. The molecule has 2 N–H and O–H groups in total. The lowest BCUT2D eigenvalue weighted by Gasteiger charge is -2.22. The maximum atomic E-state index is 3.80. The molecule has 2 aliphatic carbocycles. The molecular weight excluding hydrogens is 244 g/mol. The first kappa shape index (κ1) is 12.8. The predicted molar refractivity (Wildman–Crippen MR) is 83.2 cm³/mol. The molecule has 2 saturated carbocycles. The summed E-state index contributed by atoms with van der Waals surface area (Å²) >= 11 is 0. The van der Waals surface area contributed by atoms with E-state index in [0.29, 0.717) is 0 Å². The Balaban J connectivity index is 1.26. The molecule has 0 radical (unpaired) electrons. The molecule has 1 heterocycles. The molecule has 2 heteroatoms. The summed E-state index contributed by atoms with van der Waals surface area (Å²) in [4.78, 5) is 0. The minimum absolute atomic E-state index is 0.747. The standard InChI is InChI=1S/C18H26N2/c1-2-14(1)15-3-5-16(6-4-15)17-11-18(17)20-12-13-7-9-19-10-8-13/h3-6,13-14,17-20H,1-2,7-12H2/t17-,18+/m1/s1. The summed E-state index contributed by atoms with van der Waals surface area (Å²) in [6, 6.07) is 10.2. The second kappa shape index (κ2) is 5.50. The van der Waals surface area contributed by atoms with Crippen LogP contribution in [-0.4, -0.2) is 25.7 Å². The minimum atomic E-state index is 0.747. The second-order valence-corrected chi connectivity index (χ2v) is 6.99. The van der Waals surface area contributed by atoms with E-state index in [1.54, 1.807) is 11.1 Å². The Hall–Kier alpha value is -0.860. The molecule has 0 amide bonds. The molecule has 3 fully saturated rings. The third-order valence-corrected chi connectivity index (χ3v) is 5.33. The Morgan fingerprint density at radius 3 is 2.35 bits per heavy atom. The number of hydrogen-bond acceptors (Lipinski definition) is 2. The molecule has 2 nitrogen and oxygen atoms in total. The summed E-state index contributed by atoms with van der Waals surface area (Å²) in [6.07, 6.45) is 6.85. The molecule has 2 atom stereocenters. The fourth-order valence-corrected chi connectivity index (χ4v) is 3.62. The lowest BCUT2D eigenvalue weighted by molar-refractivity contribution is 0.355. The average Bonchev–Trinajstić information content (AvgIpc) is 3.40. The van der Waals surface area contributed by atoms with Crippen molar-refractivity contribution in [2.75, 3.05) is 19.6 Å². The predicted octanol–water partition coefficient (Wildman–Crippen LogP) is 3.01. The van der Waals surface area contributed by atoms with Gasteiger partial charge >= 0.3 is 0 Å². The van der Waals surface area contributed by atoms with Gasteiger partial charge in [-0.1, -0.05) is 24.3 Å². The molecular formula is C18H26N2. The van der Waals surface area contributed by atoms with Crippen molar-refractivity contribution in [3.63, 3.8) is 0 Å². The van der Waals surface area contributed by atoms with E-state index in [-0.39, 0.29) is 0 Å². The van der Waals surface area contributed by atoms with Crippen molar-refractivity contribution >= 4 is 0 Å². The monoisotopic (exact) mass is 270 g/mol. The molecule has 1 aromatic rings. The zero-order valence-electron chi connectivity index (χ0n) is 12.3. The Kier molecular flexibility index (Phi) is 3.53. The van der Waals surface area contributed by atoms with Crippen LogP contribution in [0.4, 0.5) is 0 Å². The van der Waals surface area contributed by atoms with Gasteiger partial charge < -0.3 is 10.6 Å². The summed E-state index contributed by atoms with van der Waals surface area (Å²) in [5.74, 6) is 2.57. The molecule has 1 saturated heterocycles. The highest BCUT2D eigenvalue weighted by atomic mass is 15.0. The van der Waals surface area contributed by atoms with Gasteiger partial charge in [-0.05, 0) is 74.7 Å². The molecule has 0 unspecified atom stereocenters. The highest BCUT2D eigenvalue weighted by Crippen LogP contribution is 2.43. The number of piperidine rings is 1. The third kappa shape index (κ3) is 2.91. The van der Waals surface area contributed by atoms with Crippen LogP contribution in [0.1, 0.15) is 55.1 Å². The molecule has 0 bridgehead atoms. The highest BCUT2D eigenvalue weighted by molar-refractivity contribution is 5.33. The fraction of sp³-hybridized carbons (Fsp3) is 0.667. The van der Waals surface area contributed by atoms with Crippen LogP contribution >= 0.6 is 0 Å². The van der Waals surface area contributed by atoms with E-state index >= 15 is 0 Å². The van der Waals surface area contributed by atoms with Crippen molar-refractivity contribution in [3.05, 3.63) is 35.4 Å². The van der Waals surface area contributed by atoms with Gasteiger partial charge in [0.05, 0.1) is 0 Å². The first-order valence-corrected chi connectivity index (χ1v) is 8.44. The van der Waals surface area contributed by atoms with E-state index < -0.39 is 0 Å². The van der Waals surface area contributed by atoms with Crippen LogP contribution in [0.15, 0.2) is 24.3 Å². The highest BCUT2D eigenvalue weighted by Gasteiger charge is 2.38. The molecule has 1 aliphatic heterocycles. The zero-order valence-corrected chi connectivity index (χ0v) is 12.3. The normalized spacial score (nSPS) is 30.4. The van der Waals surface area contributed by atoms with Gasteiger partial charge in [0.1, 0.15) is 0 Å². The van der Waals surface area contributed by atoms with Gasteiger partial charge in [0, 0.05) is 12.0 Å². The summed E-state index contributed by atoms with van der Waals surface area (Å²) < 4.78 is 0. The van der Waals surface area contributed by atoms with E-state index in [0.717, 1.165) is 23.8 Å². The van der Waals surface area contributed by atoms with Crippen LogP contribution in [0.2, 0.25) is 0 Å². The fourth-order valence-electron chi connectivity index (χ4n) is 3.62. The van der Waals surface area contributed by atoms with Crippen molar-refractivity contribution in [1.82, 2.24) is 10.6 Å². The summed E-state index contributed by atoms with van der Waals surface area (Å²) in [6.45, 7) is 3.65. The lowest BCUT2D eigenvalue weighted by atomic mass is 9.98. The van der Waals surface area contributed by atoms with Crippen molar-refractivity contribution in [2.24, 2.45) is 5.92 Å². The maximum absolute atomic E-state index is 3.80. The summed E-state index contributed by atoms with van der Waals surface area (Å²) in [7, 11) is 0. The quantitative estimate of drug-likeness (QED) is 0.859. The zero-order chi connectivity index (χ0) is 13.4. The smallest absolute Gasteiger partial charge is 0.0143 e. The van der Waals surface area contributed by atoms with Crippen molar-refractivity contribution in [1.29, 1.82) is 0 Å². The van der Waals surface area contributed by atoms with Gasteiger partial charge in [0.15, 0.2) is 0 Å². The molecule has 1 aromatic carbocycles. The van der Waals surface area contributed by atoms with Gasteiger partial charge in [-0.3, -0.25) is 0 Å². The molecule has 0 spiro atoms. The molecule has 3 aliphatic rings. The van der Waals surface area contributed by atoms with Crippen LogP contribution < -0.4 is 10.6 Å². The van der Waals surface area contributed by atoms with E-state index in [2.05, 4.69) is 34.9 Å². The van der Waals surface area contributed by atoms with E-state index in [1.807, 2.05) is 0 Å². The van der Waals surface area contributed by atoms with Crippen LogP contribution in [0, 0.1) is 5.92 Å². The third-order valence-electron chi connectivity index (χ3n) is 5.33. The first-order chi connectivity index (χ1) is 9.90. The van der Waals surface area contributed by atoms with Crippen LogP contribution in [0.5, 0.6) is 0 Å². The van der Waals surface area contributed by atoms with Crippen molar-refractivity contribution < 1.29 is 0 Å². The Bertz CT molecular complexity index is 443. The SMILES string of the molecule is c1cc([C@H]2C[C@@H]2NCC2CCNCC2)ccc1C1CC1. The van der Waals surface area contributed by atoms with Crippen molar-refractivity contribution in [2.45, 2.75) is 50.0 Å². The van der Waals surface area contributed by atoms with E-state index in [9.17, 15) is 0 Å². The molecule has 20 heavy (non-hydrogen) atoms. The minimum Gasteiger partial charge on any atom is -0.317 e. The van der Waals surface area contributed by atoms with Gasteiger partial charge in [-0.15, -0.1) is 0 Å². The lowest BCUT2D eigenvalue weighted by Crippen LogP contribution is -2.34. The summed E-state index contributed by atoms with van der Waals surface area (Å²) in [5.41, 5.74) is 3.12. The Labute approximate surface area is 122 Å². The van der Waals surface area contributed by atoms with Gasteiger partial charge in [0.2, 0.25) is 0 Å². The number of hydrogen-bond donors (Lipinski definition) is 2. The largest absolute Gasteiger partial charge is 0.317 e. The van der Waals surface area contributed by atoms with Gasteiger partial charge in [0.25, 0.3) is 0 Å². The van der Waals surface area contributed by atoms with Crippen LogP contribution in [0.25, 0.3) is 0 Å². The first-order valence-electron chi connectivity index (χ1n) is 8.44. The number of nitrogens with one attached hydrogen (secondary N) is 2. The maximum Gasteiger partial charge on any atom is 0.0143 e. The van der Waals surface area contributed by atoms with Gasteiger partial charge in [-0.25, -0.2) is 0 Å². The van der Waals surface area contributed by atoms with Gasteiger partial charge in [-0.2, -0.15) is 0 Å².